The normalized spacial score (nSPS) is 24.1. The summed E-state index contributed by atoms with van der Waals surface area (Å²) < 4.78 is 22.6. The lowest BCUT2D eigenvalue weighted by atomic mass is 9.77. The first kappa shape index (κ1) is 29.6. The third-order valence-electron chi connectivity index (χ3n) is 8.11. The number of nitrogens with zero attached hydrogens (tertiary/aromatic N) is 1. The van der Waals surface area contributed by atoms with Crippen LogP contribution in [0.15, 0.2) is 48.0 Å². The van der Waals surface area contributed by atoms with Gasteiger partial charge in [0.1, 0.15) is 24.2 Å². The third kappa shape index (κ3) is 5.72. The first-order chi connectivity index (χ1) is 20.4. The first-order valence-corrected chi connectivity index (χ1v) is 14.0. The van der Waals surface area contributed by atoms with E-state index in [1.165, 1.54) is 13.2 Å². The number of benzene rings is 2. The average molecular weight is 581 g/mol. The number of ether oxygens (including phenoxy) is 4. The molecular weight excluding hydrogens is 544 g/mol. The number of nitrogens with one attached hydrogen (secondary N) is 1. The van der Waals surface area contributed by atoms with Crippen molar-refractivity contribution in [2.75, 3.05) is 47.1 Å². The molecule has 1 aliphatic carbocycles. The number of aliphatic hydroxyl groups excluding tert-OH is 2. The Kier molecular flexibility index (Phi) is 9.10. The molecule has 224 valence electrons. The van der Waals surface area contributed by atoms with Gasteiger partial charge >= 0.3 is 0 Å². The van der Waals surface area contributed by atoms with Crippen LogP contribution in [-0.4, -0.2) is 98.6 Å². The Morgan fingerprint density at radius 1 is 1.19 bits per heavy atom. The number of amides is 2. The second-order valence-corrected chi connectivity index (χ2v) is 10.6. The zero-order valence-electron chi connectivity index (χ0n) is 23.7. The quantitative estimate of drug-likeness (QED) is 0.335. The smallest absolute Gasteiger partial charge is 0.247 e. The summed E-state index contributed by atoms with van der Waals surface area (Å²) >= 11 is 0. The average Bonchev–Trinajstić information content (AvgIpc) is 3.69. The number of carbonyl (C=O) groups is 3. The molecule has 3 N–H and O–H groups in total. The summed E-state index contributed by atoms with van der Waals surface area (Å²) in [5.41, 5.74) is 2.08. The molecule has 1 fully saturated rings. The second-order valence-electron chi connectivity index (χ2n) is 10.6. The Morgan fingerprint density at radius 3 is 2.71 bits per heavy atom. The number of hydrogen-bond donors (Lipinski definition) is 3. The highest BCUT2D eigenvalue weighted by atomic mass is 16.5. The van der Waals surface area contributed by atoms with E-state index in [4.69, 9.17) is 18.9 Å². The topological polar surface area (TPSA) is 144 Å². The zero-order chi connectivity index (χ0) is 29.8. The first-order valence-electron chi connectivity index (χ1n) is 14.0. The Morgan fingerprint density at radius 2 is 2.02 bits per heavy atom. The van der Waals surface area contributed by atoms with Gasteiger partial charge in [-0.05, 0) is 48.7 Å². The van der Waals surface area contributed by atoms with Gasteiger partial charge in [-0.25, -0.2) is 0 Å². The van der Waals surface area contributed by atoms with E-state index in [2.05, 4.69) is 5.32 Å². The Labute approximate surface area is 244 Å². The van der Waals surface area contributed by atoms with Crippen LogP contribution in [0.5, 0.6) is 17.2 Å². The van der Waals surface area contributed by atoms with Gasteiger partial charge in [0.05, 0.1) is 45.3 Å². The number of aliphatic hydroxyl groups is 2. The van der Waals surface area contributed by atoms with Crippen LogP contribution in [0.4, 0.5) is 0 Å². The molecule has 2 aliphatic heterocycles. The van der Waals surface area contributed by atoms with Crippen molar-refractivity contribution in [3.05, 3.63) is 64.7 Å². The molecule has 0 bridgehead atoms. The molecule has 11 heteroatoms. The highest BCUT2D eigenvalue weighted by molar-refractivity contribution is 5.96. The van der Waals surface area contributed by atoms with E-state index in [0.29, 0.717) is 54.1 Å². The molecule has 42 heavy (non-hydrogen) atoms. The molecular formula is C31H36N2O9. The highest BCUT2D eigenvalue weighted by Crippen LogP contribution is 2.51. The lowest BCUT2D eigenvalue weighted by molar-refractivity contribution is -0.141. The van der Waals surface area contributed by atoms with E-state index in [9.17, 15) is 24.6 Å². The van der Waals surface area contributed by atoms with Crippen molar-refractivity contribution in [1.82, 2.24) is 10.2 Å². The molecule has 0 saturated carbocycles. The molecule has 5 unspecified atom stereocenters. The van der Waals surface area contributed by atoms with Crippen molar-refractivity contribution in [1.29, 1.82) is 0 Å². The summed E-state index contributed by atoms with van der Waals surface area (Å²) in [6.07, 6.45) is 1.19. The fourth-order valence-corrected chi connectivity index (χ4v) is 6.01. The van der Waals surface area contributed by atoms with Gasteiger partial charge in [0, 0.05) is 36.4 Å². The SMILES string of the molecule is COc1cccc(CCN(C(=O)C2CCOC2)C2C=C(C(=O)NCCO)C3c4cc(C=O)cc(OC)c4OC3C2O)c1. The van der Waals surface area contributed by atoms with Gasteiger partial charge in [0.25, 0.3) is 0 Å². The van der Waals surface area contributed by atoms with Crippen LogP contribution in [0.25, 0.3) is 0 Å². The van der Waals surface area contributed by atoms with Gasteiger partial charge in [0.2, 0.25) is 11.8 Å². The standard InChI is InChI=1S/C31H36N2O9/c1-39-21-5-3-4-18(12-21)6-9-33(31(38)20-7-11-41-17-20)24-15-23(30(37)32-8-10-34)26-22-13-19(16-35)14-25(40-2)28(22)42-29(26)27(24)36/h3-5,12-16,20,24,26-27,29,34,36H,6-11,17H2,1-2H3,(H,32,37). The number of aldehydes is 1. The summed E-state index contributed by atoms with van der Waals surface area (Å²) in [5, 5.41) is 23.9. The van der Waals surface area contributed by atoms with Gasteiger partial charge in [0.15, 0.2) is 11.5 Å². The maximum atomic E-state index is 13.9. The van der Waals surface area contributed by atoms with Crippen LogP contribution in [0, 0.1) is 5.92 Å². The van der Waals surface area contributed by atoms with Crippen molar-refractivity contribution in [3.63, 3.8) is 0 Å². The van der Waals surface area contributed by atoms with Gasteiger partial charge in [-0.3, -0.25) is 14.4 Å². The van der Waals surface area contributed by atoms with E-state index in [-0.39, 0.29) is 43.7 Å². The van der Waals surface area contributed by atoms with E-state index in [1.54, 1.807) is 24.2 Å². The van der Waals surface area contributed by atoms with Crippen LogP contribution >= 0.6 is 0 Å². The van der Waals surface area contributed by atoms with Crippen LogP contribution < -0.4 is 19.5 Å². The number of methoxy groups -OCH3 is 2. The van der Waals surface area contributed by atoms with Crippen molar-refractivity contribution in [2.24, 2.45) is 5.92 Å². The number of fused-ring (bicyclic) bond motifs is 3. The monoisotopic (exact) mass is 580 g/mol. The minimum absolute atomic E-state index is 0.0179. The molecule has 2 aromatic carbocycles. The molecule has 2 heterocycles. The lowest BCUT2D eigenvalue weighted by Gasteiger charge is -2.41. The van der Waals surface area contributed by atoms with E-state index in [1.807, 2.05) is 24.3 Å². The predicted molar refractivity (Wildman–Crippen MR) is 151 cm³/mol. The molecule has 11 nitrogen and oxygen atoms in total. The second kappa shape index (κ2) is 12.9. The van der Waals surface area contributed by atoms with Crippen molar-refractivity contribution >= 4 is 18.1 Å². The van der Waals surface area contributed by atoms with Gasteiger partial charge < -0.3 is 39.4 Å². The van der Waals surface area contributed by atoms with Gasteiger partial charge in [-0.1, -0.05) is 12.1 Å². The summed E-state index contributed by atoms with van der Waals surface area (Å²) in [4.78, 5) is 40.7. The van der Waals surface area contributed by atoms with Crippen molar-refractivity contribution in [3.8, 4) is 17.2 Å². The van der Waals surface area contributed by atoms with Gasteiger partial charge in [-0.2, -0.15) is 0 Å². The maximum Gasteiger partial charge on any atom is 0.247 e. The van der Waals surface area contributed by atoms with Crippen LogP contribution in [-0.2, 0) is 20.7 Å². The number of rotatable bonds is 11. The minimum Gasteiger partial charge on any atom is -0.497 e. The maximum absolute atomic E-state index is 13.9. The zero-order valence-corrected chi connectivity index (χ0v) is 23.7. The van der Waals surface area contributed by atoms with Gasteiger partial charge in [-0.15, -0.1) is 0 Å². The van der Waals surface area contributed by atoms with Crippen molar-refractivity contribution in [2.45, 2.75) is 37.0 Å². The molecule has 0 aromatic heterocycles. The lowest BCUT2D eigenvalue weighted by Crippen LogP contribution is -2.57. The number of carbonyl (C=O) groups excluding carboxylic acids is 3. The minimum atomic E-state index is -1.21. The predicted octanol–water partition coefficient (Wildman–Crippen LogP) is 1.25. The van der Waals surface area contributed by atoms with E-state index in [0.717, 1.165) is 5.56 Å². The Balaban J connectivity index is 1.55. The molecule has 1 saturated heterocycles. The molecule has 3 aliphatic rings. The Hall–Kier alpha value is -3.93. The molecule has 0 spiro atoms. The molecule has 5 rings (SSSR count). The van der Waals surface area contributed by atoms with Crippen LogP contribution in [0.1, 0.15) is 33.8 Å². The fourth-order valence-electron chi connectivity index (χ4n) is 6.01. The van der Waals surface area contributed by atoms with Crippen molar-refractivity contribution < 1.29 is 43.5 Å². The summed E-state index contributed by atoms with van der Waals surface area (Å²) in [5.74, 6) is -0.429. The summed E-state index contributed by atoms with van der Waals surface area (Å²) in [6, 6.07) is 9.81. The largest absolute Gasteiger partial charge is 0.497 e. The summed E-state index contributed by atoms with van der Waals surface area (Å²) in [7, 11) is 3.03. The highest BCUT2D eigenvalue weighted by Gasteiger charge is 2.52. The summed E-state index contributed by atoms with van der Waals surface area (Å²) in [6.45, 7) is 0.770. The molecule has 2 aromatic rings. The Bertz CT molecular complexity index is 1350. The molecule has 0 radical (unpaired) electrons. The van der Waals surface area contributed by atoms with Crippen LogP contribution in [0.2, 0.25) is 0 Å². The fraction of sp³-hybridized carbons (Fsp3) is 0.452. The molecule has 5 atom stereocenters. The van der Waals surface area contributed by atoms with E-state index < -0.39 is 30.1 Å². The third-order valence-corrected chi connectivity index (χ3v) is 8.11. The molecule has 2 amide bonds. The number of hydrogen-bond acceptors (Lipinski definition) is 9. The van der Waals surface area contributed by atoms with E-state index >= 15 is 0 Å². The van der Waals surface area contributed by atoms with Crippen LogP contribution in [0.3, 0.4) is 0 Å².